The van der Waals surface area contributed by atoms with Crippen molar-refractivity contribution in [1.29, 1.82) is 0 Å². The van der Waals surface area contributed by atoms with E-state index >= 15 is 0 Å². The first kappa shape index (κ1) is 30.9. The molecule has 2 unspecified atom stereocenters. The molecule has 206 valence electrons. The van der Waals surface area contributed by atoms with Crippen LogP contribution in [-0.2, 0) is 14.3 Å². The average molecular weight is 542 g/mol. The van der Waals surface area contributed by atoms with Gasteiger partial charge < -0.3 is 20.3 Å². The average Bonchev–Trinajstić information content (AvgIpc) is 2.80. The summed E-state index contributed by atoms with van der Waals surface area (Å²) in [5, 5.41) is 6.05. The van der Waals surface area contributed by atoms with Gasteiger partial charge in [0.05, 0.1) is 10.7 Å². The lowest BCUT2D eigenvalue weighted by Crippen LogP contribution is -2.52. The molecule has 2 atom stereocenters. The number of rotatable bonds is 10. The highest BCUT2D eigenvalue weighted by Gasteiger charge is 2.36. The van der Waals surface area contributed by atoms with E-state index in [1.165, 1.54) is 4.90 Å². The van der Waals surface area contributed by atoms with Crippen molar-refractivity contribution in [1.82, 2.24) is 10.2 Å². The summed E-state index contributed by atoms with van der Waals surface area (Å²) < 4.78 is 5.42. The van der Waals surface area contributed by atoms with Crippen LogP contribution in [0, 0.1) is 19.8 Å². The molecule has 0 heterocycles. The number of aryl methyl sites for hydroxylation is 2. The van der Waals surface area contributed by atoms with Crippen molar-refractivity contribution in [2.45, 2.75) is 72.6 Å². The summed E-state index contributed by atoms with van der Waals surface area (Å²) in [5.41, 5.74) is 2.18. The van der Waals surface area contributed by atoms with Gasteiger partial charge >= 0.3 is 6.09 Å². The van der Waals surface area contributed by atoms with Gasteiger partial charge in [0.1, 0.15) is 17.7 Å². The highest BCUT2D eigenvalue weighted by atomic mass is 35.5. The fourth-order valence-electron chi connectivity index (χ4n) is 4.01. The number of carbonyl (C=O) groups excluding carboxylic acids is 3. The number of amides is 3. The van der Waals surface area contributed by atoms with Crippen LogP contribution in [0.4, 0.5) is 10.5 Å². The first-order chi connectivity index (χ1) is 17.7. The maximum atomic E-state index is 14.0. The number of benzene rings is 2. The predicted molar refractivity (Wildman–Crippen MR) is 153 cm³/mol. The third-order valence-electron chi connectivity index (χ3n) is 5.73. The predicted octanol–water partition coefficient (Wildman–Crippen LogP) is 6.59. The van der Waals surface area contributed by atoms with Crippen molar-refractivity contribution < 1.29 is 19.1 Å². The number of halogens is 1. The molecule has 0 aliphatic heterocycles. The Bertz CT molecular complexity index is 1120. The normalized spacial score (nSPS) is 12.9. The molecule has 0 saturated carbocycles. The molecule has 0 aromatic heterocycles. The van der Waals surface area contributed by atoms with Gasteiger partial charge in [-0.3, -0.25) is 9.59 Å². The molecular formula is C30H40ClN3O4. The molecule has 0 spiro atoms. The van der Waals surface area contributed by atoms with Crippen LogP contribution in [0.3, 0.4) is 0 Å². The number of hydrogen-bond acceptors (Lipinski definition) is 4. The Balaban J connectivity index is 2.53. The van der Waals surface area contributed by atoms with Crippen molar-refractivity contribution in [3.8, 4) is 0 Å². The molecule has 0 radical (unpaired) electrons. The van der Waals surface area contributed by atoms with Gasteiger partial charge in [-0.25, -0.2) is 4.79 Å². The zero-order chi connectivity index (χ0) is 28.6. The van der Waals surface area contributed by atoms with Gasteiger partial charge in [0.2, 0.25) is 5.91 Å². The molecule has 2 N–H and O–H groups in total. The van der Waals surface area contributed by atoms with Crippen LogP contribution in [0.5, 0.6) is 0 Å². The molecule has 2 aromatic carbocycles. The number of alkyl carbamates (subject to hydrolysis) is 1. The fraction of sp³-hybridized carbons (Fsp3) is 0.433. The number of nitrogens with zero attached hydrogens (tertiary/aromatic N) is 1. The maximum Gasteiger partial charge on any atom is 0.408 e. The standard InChI is InChI=1S/C30H40ClN3O4/c1-9-17-34(28(36)24(18-19(2)3)32-29(37)38-30(6,7)8)26(22-15-13-20(4)14-16-22)27(35)33-25-21(5)11-10-12-23(25)31/h9-16,19,24,26H,1,17-18H2,2-8H3,(H,32,37)(H,33,35). The Labute approximate surface area is 231 Å². The van der Waals surface area contributed by atoms with Crippen LogP contribution in [0.1, 0.15) is 63.8 Å². The summed E-state index contributed by atoms with van der Waals surface area (Å²) in [6.07, 6.45) is 1.23. The van der Waals surface area contributed by atoms with Gasteiger partial charge in [-0.05, 0) is 64.2 Å². The summed E-state index contributed by atoms with van der Waals surface area (Å²) in [6.45, 7) is 16.9. The monoisotopic (exact) mass is 541 g/mol. The Hall–Kier alpha value is -3.32. The molecule has 0 fully saturated rings. The van der Waals surface area contributed by atoms with Gasteiger partial charge in [-0.2, -0.15) is 0 Å². The number of ether oxygens (including phenoxy) is 1. The van der Waals surface area contributed by atoms with Crippen LogP contribution in [0.25, 0.3) is 0 Å². The summed E-state index contributed by atoms with van der Waals surface area (Å²) in [4.78, 5) is 42.0. The van der Waals surface area contributed by atoms with Gasteiger partial charge in [0.15, 0.2) is 0 Å². The topological polar surface area (TPSA) is 87.7 Å². The molecule has 0 aliphatic carbocycles. The quantitative estimate of drug-likeness (QED) is 0.332. The van der Waals surface area contributed by atoms with Crippen molar-refractivity contribution in [3.05, 3.63) is 76.8 Å². The van der Waals surface area contributed by atoms with Gasteiger partial charge in [0, 0.05) is 6.54 Å². The molecule has 0 saturated heterocycles. The minimum Gasteiger partial charge on any atom is -0.444 e. The lowest BCUT2D eigenvalue weighted by Gasteiger charge is -2.34. The summed E-state index contributed by atoms with van der Waals surface area (Å²) >= 11 is 6.39. The second kappa shape index (κ2) is 13.5. The maximum absolute atomic E-state index is 14.0. The van der Waals surface area contributed by atoms with Crippen molar-refractivity contribution in [2.24, 2.45) is 5.92 Å². The van der Waals surface area contributed by atoms with E-state index in [1.807, 2.05) is 58.0 Å². The number of anilines is 1. The molecule has 3 amide bonds. The Morgan fingerprint density at radius 1 is 1.08 bits per heavy atom. The summed E-state index contributed by atoms with van der Waals surface area (Å²) in [6, 6.07) is 10.8. The molecule has 0 aliphatic rings. The minimum atomic E-state index is -1.01. The first-order valence-electron chi connectivity index (χ1n) is 12.8. The van der Waals surface area contributed by atoms with E-state index in [9.17, 15) is 14.4 Å². The van der Waals surface area contributed by atoms with E-state index in [4.69, 9.17) is 16.3 Å². The van der Waals surface area contributed by atoms with E-state index in [0.717, 1.165) is 11.1 Å². The Morgan fingerprint density at radius 2 is 1.71 bits per heavy atom. The molecular weight excluding hydrogens is 502 g/mol. The van der Waals surface area contributed by atoms with E-state index in [2.05, 4.69) is 17.2 Å². The van der Waals surface area contributed by atoms with Crippen molar-refractivity contribution in [3.63, 3.8) is 0 Å². The first-order valence-corrected chi connectivity index (χ1v) is 13.1. The molecule has 2 aromatic rings. The second-order valence-electron chi connectivity index (χ2n) is 10.8. The lowest BCUT2D eigenvalue weighted by atomic mass is 9.98. The lowest BCUT2D eigenvalue weighted by molar-refractivity contribution is -0.140. The second-order valence-corrected chi connectivity index (χ2v) is 11.2. The van der Waals surface area contributed by atoms with E-state index < -0.39 is 35.6 Å². The number of hydrogen-bond donors (Lipinski definition) is 2. The van der Waals surface area contributed by atoms with Crippen LogP contribution < -0.4 is 10.6 Å². The third kappa shape index (κ3) is 8.91. The smallest absolute Gasteiger partial charge is 0.408 e. The fourth-order valence-corrected chi connectivity index (χ4v) is 4.28. The molecule has 8 heteroatoms. The van der Waals surface area contributed by atoms with Crippen molar-refractivity contribution in [2.75, 3.05) is 11.9 Å². The van der Waals surface area contributed by atoms with E-state index in [1.54, 1.807) is 39.0 Å². The van der Waals surface area contributed by atoms with Crippen molar-refractivity contribution >= 4 is 35.2 Å². The van der Waals surface area contributed by atoms with Crippen LogP contribution in [0.15, 0.2) is 55.1 Å². The summed E-state index contributed by atoms with van der Waals surface area (Å²) in [5.74, 6) is -0.760. The molecule has 7 nitrogen and oxygen atoms in total. The SMILES string of the molecule is C=CCN(C(=O)C(CC(C)C)NC(=O)OC(C)(C)C)C(C(=O)Nc1c(C)cccc1Cl)c1ccc(C)cc1. The number of carbonyl (C=O) groups is 3. The summed E-state index contributed by atoms with van der Waals surface area (Å²) in [7, 11) is 0. The van der Waals surface area contributed by atoms with Crippen LogP contribution in [0.2, 0.25) is 5.02 Å². The largest absolute Gasteiger partial charge is 0.444 e. The Kier molecular flexibility index (Phi) is 11.0. The molecule has 2 rings (SSSR count). The molecule has 0 bridgehead atoms. The number of nitrogens with one attached hydrogen (secondary N) is 2. The zero-order valence-corrected chi connectivity index (χ0v) is 24.2. The zero-order valence-electron chi connectivity index (χ0n) is 23.4. The molecule has 38 heavy (non-hydrogen) atoms. The number of para-hydroxylation sites is 1. The van der Waals surface area contributed by atoms with Gasteiger partial charge in [0.25, 0.3) is 5.91 Å². The minimum absolute atomic E-state index is 0.0803. The highest BCUT2D eigenvalue weighted by Crippen LogP contribution is 2.30. The highest BCUT2D eigenvalue weighted by molar-refractivity contribution is 6.34. The Morgan fingerprint density at radius 3 is 2.24 bits per heavy atom. The third-order valence-corrected chi connectivity index (χ3v) is 6.04. The van der Waals surface area contributed by atoms with Crippen LogP contribution >= 0.6 is 11.6 Å². The van der Waals surface area contributed by atoms with Gasteiger partial charge in [-0.1, -0.05) is 73.5 Å². The van der Waals surface area contributed by atoms with E-state index in [0.29, 0.717) is 22.7 Å². The van der Waals surface area contributed by atoms with Gasteiger partial charge in [-0.15, -0.1) is 6.58 Å². The van der Waals surface area contributed by atoms with E-state index in [-0.39, 0.29) is 12.5 Å². The van der Waals surface area contributed by atoms with Crippen LogP contribution in [-0.4, -0.2) is 41.0 Å².